The second-order valence-corrected chi connectivity index (χ2v) is 5.71. The average Bonchev–Trinajstić information content (AvgIpc) is 2.63. The van der Waals surface area contributed by atoms with Gasteiger partial charge in [0.15, 0.2) is 0 Å². The molecule has 1 unspecified atom stereocenters. The Labute approximate surface area is 124 Å². The lowest BCUT2D eigenvalue weighted by atomic mass is 10.0. The lowest BCUT2D eigenvalue weighted by Gasteiger charge is -2.26. The topological polar surface area (TPSA) is 23.5 Å². The molecule has 21 heavy (non-hydrogen) atoms. The van der Waals surface area contributed by atoms with E-state index in [-0.39, 0.29) is 11.9 Å². The fourth-order valence-electron chi connectivity index (χ4n) is 3.02. The summed E-state index contributed by atoms with van der Waals surface area (Å²) in [5.41, 5.74) is 4.18. The molecule has 3 rings (SSSR count). The van der Waals surface area contributed by atoms with Crippen molar-refractivity contribution >= 4 is 5.69 Å². The maximum absolute atomic E-state index is 13.2. The molecular formula is C18H20FNO. The monoisotopic (exact) mass is 285 g/mol. The number of benzene rings is 2. The van der Waals surface area contributed by atoms with E-state index >= 15 is 0 Å². The van der Waals surface area contributed by atoms with Crippen LogP contribution in [0.5, 0.6) is 0 Å². The number of aliphatic hydroxyl groups excluding tert-OH is 1. The Morgan fingerprint density at radius 2 is 2.05 bits per heavy atom. The maximum atomic E-state index is 13.2. The van der Waals surface area contributed by atoms with E-state index in [9.17, 15) is 9.50 Å². The van der Waals surface area contributed by atoms with Crippen LogP contribution < -0.4 is 4.90 Å². The Balaban J connectivity index is 1.93. The zero-order valence-corrected chi connectivity index (χ0v) is 12.2. The maximum Gasteiger partial charge on any atom is 0.123 e. The lowest BCUT2D eigenvalue weighted by Crippen LogP contribution is -2.24. The summed E-state index contributed by atoms with van der Waals surface area (Å²) in [5.74, 6) is -0.192. The number of hydrogen-bond donors (Lipinski definition) is 1. The highest BCUT2D eigenvalue weighted by Gasteiger charge is 2.21. The molecule has 0 saturated heterocycles. The minimum Gasteiger partial charge on any atom is -0.388 e. The molecule has 0 fully saturated rings. The van der Waals surface area contributed by atoms with Crippen molar-refractivity contribution in [3.63, 3.8) is 0 Å². The van der Waals surface area contributed by atoms with Crippen LogP contribution in [0.2, 0.25) is 0 Å². The zero-order chi connectivity index (χ0) is 14.8. The molecule has 1 aliphatic rings. The van der Waals surface area contributed by atoms with Crippen LogP contribution in [0, 0.1) is 12.7 Å². The highest BCUT2D eigenvalue weighted by atomic mass is 19.1. The summed E-state index contributed by atoms with van der Waals surface area (Å²) >= 11 is 0. The van der Waals surface area contributed by atoms with Crippen molar-refractivity contribution in [1.82, 2.24) is 0 Å². The first-order valence-electron chi connectivity index (χ1n) is 7.42. The molecule has 1 atom stereocenters. The molecule has 2 aromatic rings. The van der Waals surface area contributed by atoms with Gasteiger partial charge in [0, 0.05) is 24.3 Å². The third-order valence-electron chi connectivity index (χ3n) is 4.21. The van der Waals surface area contributed by atoms with Gasteiger partial charge in [-0.15, -0.1) is 0 Å². The average molecular weight is 285 g/mol. The van der Waals surface area contributed by atoms with Crippen molar-refractivity contribution in [3.05, 3.63) is 65.0 Å². The molecule has 0 spiro atoms. The van der Waals surface area contributed by atoms with E-state index in [0.717, 1.165) is 48.3 Å². The van der Waals surface area contributed by atoms with Gasteiger partial charge < -0.3 is 10.0 Å². The van der Waals surface area contributed by atoms with E-state index < -0.39 is 0 Å². The number of halogens is 1. The summed E-state index contributed by atoms with van der Waals surface area (Å²) in [6.45, 7) is 3.59. The van der Waals surface area contributed by atoms with Gasteiger partial charge in [0.2, 0.25) is 0 Å². The largest absolute Gasteiger partial charge is 0.388 e. The first kappa shape index (κ1) is 14.1. The van der Waals surface area contributed by atoms with E-state index in [2.05, 4.69) is 11.0 Å². The van der Waals surface area contributed by atoms with Gasteiger partial charge in [-0.05, 0) is 49.1 Å². The molecule has 2 aromatic carbocycles. The number of aliphatic hydroxyl groups is 1. The summed E-state index contributed by atoms with van der Waals surface area (Å²) < 4.78 is 13.2. The molecular weight excluding hydrogens is 265 g/mol. The predicted octanol–water partition coefficient (Wildman–Crippen LogP) is 3.97. The molecule has 1 N–H and O–H groups in total. The number of fused-ring (bicyclic) bond motifs is 1. The number of para-hydroxylation sites is 1. The Hall–Kier alpha value is -1.87. The molecule has 2 nitrogen and oxygen atoms in total. The van der Waals surface area contributed by atoms with Crippen LogP contribution >= 0.6 is 0 Å². The highest BCUT2D eigenvalue weighted by molar-refractivity contribution is 5.56. The van der Waals surface area contributed by atoms with Gasteiger partial charge in [0.1, 0.15) is 5.82 Å². The van der Waals surface area contributed by atoms with Gasteiger partial charge in [-0.3, -0.25) is 0 Å². The zero-order valence-electron chi connectivity index (χ0n) is 12.2. The van der Waals surface area contributed by atoms with Crippen LogP contribution in [0.15, 0.2) is 42.5 Å². The van der Waals surface area contributed by atoms with E-state index in [1.807, 2.05) is 31.2 Å². The first-order valence-corrected chi connectivity index (χ1v) is 7.42. The van der Waals surface area contributed by atoms with Crippen LogP contribution in [0.25, 0.3) is 0 Å². The summed E-state index contributed by atoms with van der Waals surface area (Å²) in [4.78, 5) is 2.28. The normalized spacial score (nSPS) is 18.2. The van der Waals surface area contributed by atoms with Gasteiger partial charge in [0.25, 0.3) is 0 Å². The molecule has 0 saturated carbocycles. The van der Waals surface area contributed by atoms with Crippen molar-refractivity contribution in [2.24, 2.45) is 0 Å². The number of rotatable bonds is 2. The lowest BCUT2D eigenvalue weighted by molar-refractivity contribution is 0.168. The Kier molecular flexibility index (Phi) is 3.93. The highest BCUT2D eigenvalue weighted by Crippen LogP contribution is 2.33. The number of aryl methyl sites for hydroxylation is 1. The molecule has 0 aromatic heterocycles. The molecule has 1 heterocycles. The Bertz CT molecular complexity index is 641. The van der Waals surface area contributed by atoms with Crippen LogP contribution in [-0.2, 0) is 6.54 Å². The molecule has 1 aliphatic heterocycles. The molecule has 110 valence electrons. The SMILES string of the molecule is Cc1cc(F)ccc1CN1CCCC(O)c2ccccc21. The van der Waals surface area contributed by atoms with Gasteiger partial charge in [-0.2, -0.15) is 0 Å². The van der Waals surface area contributed by atoms with E-state index in [0.29, 0.717) is 0 Å². The standard InChI is InChI=1S/C18H20FNO/c1-13-11-15(19)9-8-14(13)12-20-10-4-7-18(21)16-5-2-3-6-17(16)20/h2-3,5-6,8-9,11,18,21H,4,7,10,12H2,1H3. The number of hydrogen-bond acceptors (Lipinski definition) is 2. The second-order valence-electron chi connectivity index (χ2n) is 5.71. The molecule has 0 aliphatic carbocycles. The summed E-state index contributed by atoms with van der Waals surface area (Å²) in [6.07, 6.45) is 1.35. The summed E-state index contributed by atoms with van der Waals surface area (Å²) in [5, 5.41) is 10.2. The summed E-state index contributed by atoms with van der Waals surface area (Å²) in [7, 11) is 0. The third kappa shape index (κ3) is 2.93. The predicted molar refractivity (Wildman–Crippen MR) is 82.8 cm³/mol. The van der Waals surface area contributed by atoms with Gasteiger partial charge in [0.05, 0.1) is 6.10 Å². The van der Waals surface area contributed by atoms with Gasteiger partial charge in [-0.25, -0.2) is 4.39 Å². The third-order valence-corrected chi connectivity index (χ3v) is 4.21. The fraction of sp³-hybridized carbons (Fsp3) is 0.333. The minimum absolute atomic E-state index is 0.192. The molecule has 0 radical (unpaired) electrons. The first-order chi connectivity index (χ1) is 10.1. The quantitative estimate of drug-likeness (QED) is 0.902. The van der Waals surface area contributed by atoms with Crippen molar-refractivity contribution in [3.8, 4) is 0 Å². The Morgan fingerprint density at radius 3 is 2.86 bits per heavy atom. The molecule has 0 amide bonds. The van der Waals surface area contributed by atoms with Crippen LogP contribution in [0.4, 0.5) is 10.1 Å². The van der Waals surface area contributed by atoms with Crippen molar-refractivity contribution in [2.75, 3.05) is 11.4 Å². The molecule has 0 bridgehead atoms. The van der Waals surface area contributed by atoms with Crippen LogP contribution in [-0.4, -0.2) is 11.7 Å². The van der Waals surface area contributed by atoms with E-state index in [4.69, 9.17) is 0 Å². The minimum atomic E-state index is -0.388. The fourth-order valence-corrected chi connectivity index (χ4v) is 3.02. The van der Waals surface area contributed by atoms with Gasteiger partial charge in [-0.1, -0.05) is 24.3 Å². The van der Waals surface area contributed by atoms with Crippen molar-refractivity contribution < 1.29 is 9.50 Å². The van der Waals surface area contributed by atoms with Crippen LogP contribution in [0.3, 0.4) is 0 Å². The van der Waals surface area contributed by atoms with Crippen molar-refractivity contribution in [2.45, 2.75) is 32.4 Å². The molecule has 3 heteroatoms. The van der Waals surface area contributed by atoms with Crippen LogP contribution in [0.1, 0.15) is 35.6 Å². The Morgan fingerprint density at radius 1 is 1.24 bits per heavy atom. The second kappa shape index (κ2) is 5.86. The van der Waals surface area contributed by atoms with E-state index in [1.54, 1.807) is 6.07 Å². The number of anilines is 1. The van der Waals surface area contributed by atoms with E-state index in [1.165, 1.54) is 6.07 Å². The van der Waals surface area contributed by atoms with Crippen molar-refractivity contribution in [1.29, 1.82) is 0 Å². The smallest absolute Gasteiger partial charge is 0.123 e. The number of nitrogens with zero attached hydrogens (tertiary/aromatic N) is 1. The summed E-state index contributed by atoms with van der Waals surface area (Å²) in [6, 6.07) is 13.0. The van der Waals surface area contributed by atoms with Gasteiger partial charge >= 0.3 is 0 Å².